The third-order valence-corrected chi connectivity index (χ3v) is 3.49. The van der Waals surface area contributed by atoms with Gasteiger partial charge in [0.25, 0.3) is 0 Å². The van der Waals surface area contributed by atoms with Crippen molar-refractivity contribution in [1.82, 2.24) is 0 Å². The zero-order valence-electron chi connectivity index (χ0n) is 6.46. The molecule has 0 fully saturated rings. The van der Waals surface area contributed by atoms with Gasteiger partial charge in [-0.15, -0.1) is 0 Å². The number of benzene rings is 1. The van der Waals surface area contributed by atoms with E-state index in [9.17, 15) is 0 Å². The molecule has 0 aromatic heterocycles. The quantitative estimate of drug-likeness (QED) is 0.495. The molecular weight excluding hydrogens is 252 g/mol. The summed E-state index contributed by atoms with van der Waals surface area (Å²) in [6, 6.07) is 1.87. The predicted molar refractivity (Wildman–Crippen MR) is 55.9 cm³/mol. The first-order chi connectivity index (χ1) is 6.00. The van der Waals surface area contributed by atoms with Crippen LogP contribution in [0.3, 0.4) is 0 Å². The van der Waals surface area contributed by atoms with Crippen molar-refractivity contribution < 1.29 is 0 Å². The van der Waals surface area contributed by atoms with E-state index < -0.39 is 0 Å². The number of hydrogen-bond acceptors (Lipinski definition) is 1. The number of nitrogens with zero attached hydrogens (tertiary/aromatic N) is 1. The molecule has 1 nitrogen and oxygen atoms in total. The van der Waals surface area contributed by atoms with Gasteiger partial charge < -0.3 is 0 Å². The summed E-state index contributed by atoms with van der Waals surface area (Å²) in [6.07, 6.45) is 0. The Morgan fingerprint density at radius 3 is 1.92 bits per heavy atom. The van der Waals surface area contributed by atoms with Gasteiger partial charge in [0.05, 0.1) is 25.7 Å². The van der Waals surface area contributed by atoms with Gasteiger partial charge in [-0.1, -0.05) is 46.4 Å². The molecule has 0 N–H and O–H groups in total. The van der Waals surface area contributed by atoms with Crippen LogP contribution in [-0.2, 0) is 0 Å². The lowest BCUT2D eigenvalue weighted by Gasteiger charge is -2.07. The average molecular weight is 255 g/mol. The number of halogens is 4. The second kappa shape index (κ2) is 3.94. The summed E-state index contributed by atoms with van der Waals surface area (Å²) in [5, 5.41) is 9.53. The molecule has 0 amide bonds. The molecule has 1 aromatic rings. The number of hydrogen-bond donors (Lipinski definition) is 0. The molecule has 0 atom stereocenters. The molecule has 0 aliphatic rings. The summed E-state index contributed by atoms with van der Waals surface area (Å²) < 4.78 is 0. The lowest BCUT2D eigenvalue weighted by atomic mass is 10.1. The lowest BCUT2D eigenvalue weighted by Crippen LogP contribution is -1.88. The van der Waals surface area contributed by atoms with E-state index in [0.717, 1.165) is 0 Å². The Morgan fingerprint density at radius 1 is 0.923 bits per heavy atom. The smallest absolute Gasteiger partial charge is 0.102 e. The SMILES string of the molecule is Cc1c(Cl)c(Cl)c(Cl)c(C#N)c1Cl. The summed E-state index contributed by atoms with van der Waals surface area (Å²) >= 11 is 23.2. The molecule has 13 heavy (non-hydrogen) atoms. The fourth-order valence-corrected chi connectivity index (χ4v) is 1.88. The van der Waals surface area contributed by atoms with Crippen LogP contribution >= 0.6 is 46.4 Å². The molecule has 1 rings (SSSR count). The monoisotopic (exact) mass is 253 g/mol. The van der Waals surface area contributed by atoms with E-state index in [1.54, 1.807) is 6.92 Å². The highest BCUT2D eigenvalue weighted by Crippen LogP contribution is 2.40. The fraction of sp³-hybridized carbons (Fsp3) is 0.125. The fourth-order valence-electron chi connectivity index (χ4n) is 0.849. The number of nitriles is 1. The molecule has 0 heterocycles. The van der Waals surface area contributed by atoms with Crippen LogP contribution in [0.25, 0.3) is 0 Å². The molecular formula is C8H3Cl4N. The van der Waals surface area contributed by atoms with Crippen LogP contribution in [0.2, 0.25) is 20.1 Å². The summed E-state index contributed by atoms with van der Waals surface area (Å²) in [7, 11) is 0. The first-order valence-electron chi connectivity index (χ1n) is 3.23. The zero-order valence-corrected chi connectivity index (χ0v) is 9.48. The zero-order chi connectivity index (χ0) is 10.2. The standard InChI is InChI=1S/C8H3Cl4N/c1-3-5(9)4(2-13)7(11)8(12)6(3)10/h1H3. The second-order valence-corrected chi connectivity index (χ2v) is 3.88. The van der Waals surface area contributed by atoms with Crippen molar-refractivity contribution in [3.63, 3.8) is 0 Å². The van der Waals surface area contributed by atoms with Crippen molar-refractivity contribution in [2.75, 3.05) is 0 Å². The van der Waals surface area contributed by atoms with E-state index in [0.29, 0.717) is 5.56 Å². The van der Waals surface area contributed by atoms with Crippen molar-refractivity contribution in [3.05, 3.63) is 31.2 Å². The van der Waals surface area contributed by atoms with Crippen LogP contribution < -0.4 is 0 Å². The molecule has 0 saturated heterocycles. The average Bonchev–Trinajstić information content (AvgIpc) is 2.13. The van der Waals surface area contributed by atoms with Gasteiger partial charge in [0.15, 0.2) is 0 Å². The Bertz CT molecular complexity index is 377. The van der Waals surface area contributed by atoms with E-state index >= 15 is 0 Å². The maximum Gasteiger partial charge on any atom is 0.102 e. The molecule has 0 saturated carbocycles. The summed E-state index contributed by atoms with van der Waals surface area (Å²) in [4.78, 5) is 0. The normalized spacial score (nSPS) is 9.85. The van der Waals surface area contributed by atoms with Crippen molar-refractivity contribution in [2.24, 2.45) is 0 Å². The largest absolute Gasteiger partial charge is 0.192 e. The summed E-state index contributed by atoms with van der Waals surface area (Å²) in [5.41, 5.74) is 0.726. The molecule has 0 unspecified atom stereocenters. The third-order valence-electron chi connectivity index (χ3n) is 1.59. The van der Waals surface area contributed by atoms with Crippen LogP contribution in [0.5, 0.6) is 0 Å². The van der Waals surface area contributed by atoms with Gasteiger partial charge in [0.1, 0.15) is 6.07 Å². The molecule has 0 aliphatic carbocycles. The van der Waals surface area contributed by atoms with Gasteiger partial charge >= 0.3 is 0 Å². The van der Waals surface area contributed by atoms with Crippen molar-refractivity contribution in [1.29, 1.82) is 5.26 Å². The molecule has 0 radical (unpaired) electrons. The van der Waals surface area contributed by atoms with Gasteiger partial charge in [0.2, 0.25) is 0 Å². The van der Waals surface area contributed by atoms with Gasteiger partial charge in [-0.25, -0.2) is 0 Å². The Balaban J connectivity index is 3.69. The summed E-state index contributed by atoms with van der Waals surface area (Å²) in [5.74, 6) is 0. The van der Waals surface area contributed by atoms with E-state index in [1.165, 1.54) is 0 Å². The molecule has 0 bridgehead atoms. The van der Waals surface area contributed by atoms with Gasteiger partial charge in [0, 0.05) is 0 Å². The minimum Gasteiger partial charge on any atom is -0.192 e. The van der Waals surface area contributed by atoms with Crippen LogP contribution in [0.15, 0.2) is 0 Å². The second-order valence-electron chi connectivity index (χ2n) is 2.37. The molecule has 5 heteroatoms. The highest BCUT2D eigenvalue weighted by atomic mass is 35.5. The topological polar surface area (TPSA) is 23.8 Å². The van der Waals surface area contributed by atoms with Crippen molar-refractivity contribution in [3.8, 4) is 6.07 Å². The predicted octanol–water partition coefficient (Wildman–Crippen LogP) is 4.48. The Kier molecular flexibility index (Phi) is 3.32. The molecule has 0 aliphatic heterocycles. The van der Waals surface area contributed by atoms with Gasteiger partial charge in [-0.2, -0.15) is 5.26 Å². The van der Waals surface area contributed by atoms with Crippen LogP contribution in [-0.4, -0.2) is 0 Å². The lowest BCUT2D eigenvalue weighted by molar-refractivity contribution is 1.42. The van der Waals surface area contributed by atoms with Gasteiger partial charge in [-0.3, -0.25) is 0 Å². The van der Waals surface area contributed by atoms with E-state index in [1.807, 2.05) is 6.07 Å². The molecule has 68 valence electrons. The maximum absolute atomic E-state index is 8.72. The molecule has 0 spiro atoms. The summed E-state index contributed by atoms with van der Waals surface area (Å²) in [6.45, 7) is 1.67. The van der Waals surface area contributed by atoms with Crippen molar-refractivity contribution >= 4 is 46.4 Å². The van der Waals surface area contributed by atoms with Gasteiger partial charge in [-0.05, 0) is 12.5 Å². The van der Waals surface area contributed by atoms with E-state index in [-0.39, 0.29) is 25.7 Å². The van der Waals surface area contributed by atoms with Crippen LogP contribution in [0.4, 0.5) is 0 Å². The highest BCUT2D eigenvalue weighted by Gasteiger charge is 2.16. The van der Waals surface area contributed by atoms with Crippen molar-refractivity contribution in [2.45, 2.75) is 6.92 Å². The third kappa shape index (κ3) is 1.73. The Labute approximate surface area is 95.8 Å². The first kappa shape index (κ1) is 10.9. The maximum atomic E-state index is 8.72. The van der Waals surface area contributed by atoms with E-state index in [4.69, 9.17) is 51.7 Å². The minimum absolute atomic E-state index is 0.102. The van der Waals surface area contributed by atoms with Crippen LogP contribution in [0.1, 0.15) is 11.1 Å². The number of rotatable bonds is 0. The minimum atomic E-state index is 0.102. The van der Waals surface area contributed by atoms with Crippen LogP contribution in [0, 0.1) is 18.3 Å². The highest BCUT2D eigenvalue weighted by molar-refractivity contribution is 6.50. The molecule has 1 aromatic carbocycles. The van der Waals surface area contributed by atoms with E-state index in [2.05, 4.69) is 0 Å². The Hall–Kier alpha value is -0.130. The Morgan fingerprint density at radius 2 is 1.46 bits per heavy atom. The first-order valence-corrected chi connectivity index (χ1v) is 4.74.